The standard InChI is InChI=1S/C7H12Br2ClF3Si/c1-14(2,3)5(8)4-6(10,11)7(9,12)13/h5H,4H2,1-3H3. The summed E-state index contributed by atoms with van der Waals surface area (Å²) < 4.78 is 38.4. The first kappa shape index (κ1) is 15.3. The fourth-order valence-corrected chi connectivity index (χ4v) is 2.62. The molecule has 0 fully saturated rings. The molecule has 0 aliphatic rings. The zero-order chi connectivity index (χ0) is 11.8. The van der Waals surface area contributed by atoms with Gasteiger partial charge in [-0.1, -0.05) is 47.2 Å². The third-order valence-corrected chi connectivity index (χ3v) is 9.57. The molecule has 0 aliphatic heterocycles. The van der Waals surface area contributed by atoms with Crippen LogP contribution in [-0.2, 0) is 0 Å². The predicted molar refractivity (Wildman–Crippen MR) is 64.2 cm³/mol. The van der Waals surface area contributed by atoms with Crippen molar-refractivity contribution in [2.45, 2.75) is 40.5 Å². The minimum Gasteiger partial charge on any atom is -0.218 e. The zero-order valence-corrected chi connectivity index (χ0v) is 13.0. The Morgan fingerprint density at radius 3 is 1.86 bits per heavy atom. The van der Waals surface area contributed by atoms with Crippen molar-refractivity contribution in [2.75, 3.05) is 0 Å². The summed E-state index contributed by atoms with van der Waals surface area (Å²) in [5.74, 6) is 0. The summed E-state index contributed by atoms with van der Waals surface area (Å²) in [6.45, 7) is 5.85. The van der Waals surface area contributed by atoms with E-state index < -0.39 is 24.5 Å². The maximum atomic E-state index is 13.3. The molecular weight excluding hydrogens is 364 g/mol. The number of rotatable bonds is 4. The van der Waals surface area contributed by atoms with Crippen molar-refractivity contribution in [2.24, 2.45) is 0 Å². The van der Waals surface area contributed by atoms with Crippen LogP contribution in [0, 0.1) is 0 Å². The lowest BCUT2D eigenvalue weighted by Crippen LogP contribution is -2.43. The van der Waals surface area contributed by atoms with E-state index in [1.165, 1.54) is 0 Å². The summed E-state index contributed by atoms with van der Waals surface area (Å²) >= 11 is 10.3. The van der Waals surface area contributed by atoms with Gasteiger partial charge in [-0.2, -0.15) is 8.78 Å². The summed E-state index contributed by atoms with van der Waals surface area (Å²) in [6.07, 6.45) is -0.414. The predicted octanol–water partition coefficient (Wildman–Crippen LogP) is 4.91. The Hall–Kier alpha value is 1.26. The monoisotopic (exact) mass is 374 g/mol. The van der Waals surface area contributed by atoms with Crippen LogP contribution in [0.4, 0.5) is 13.2 Å². The molecule has 0 spiro atoms. The van der Waals surface area contributed by atoms with Crippen LogP contribution in [0.5, 0.6) is 0 Å². The van der Waals surface area contributed by atoms with Crippen molar-refractivity contribution in [3.05, 3.63) is 0 Å². The minimum atomic E-state index is -3.70. The smallest absolute Gasteiger partial charge is 0.218 e. The van der Waals surface area contributed by atoms with Crippen molar-refractivity contribution < 1.29 is 13.2 Å². The van der Waals surface area contributed by atoms with Crippen LogP contribution in [0.15, 0.2) is 0 Å². The maximum absolute atomic E-state index is 13.3. The Morgan fingerprint density at radius 1 is 1.29 bits per heavy atom. The molecule has 0 saturated carbocycles. The van der Waals surface area contributed by atoms with Crippen LogP contribution in [0.3, 0.4) is 0 Å². The zero-order valence-electron chi connectivity index (χ0n) is 8.05. The van der Waals surface area contributed by atoms with E-state index in [1.54, 1.807) is 0 Å². The van der Waals surface area contributed by atoms with Gasteiger partial charge in [0.1, 0.15) is 0 Å². The summed E-state index contributed by atoms with van der Waals surface area (Å²) in [4.78, 5) is -3.70. The number of halogens is 6. The SMILES string of the molecule is C[Si](C)(C)C(Br)CC(F)(Cl)C(F)(F)Br. The number of hydrogen-bond donors (Lipinski definition) is 0. The first-order valence-corrected chi connectivity index (χ1v) is 9.63. The molecule has 0 aromatic carbocycles. The molecule has 0 aromatic rings. The quantitative estimate of drug-likeness (QED) is 0.483. The van der Waals surface area contributed by atoms with Gasteiger partial charge in [0.15, 0.2) is 0 Å². The molecule has 0 saturated heterocycles. The Bertz CT molecular complexity index is 200. The van der Waals surface area contributed by atoms with Crippen LogP contribution in [-0.4, -0.2) is 22.5 Å². The highest BCUT2D eigenvalue weighted by molar-refractivity contribution is 9.10. The molecule has 0 heterocycles. The second-order valence-corrected chi connectivity index (χ2v) is 13.2. The fourth-order valence-electron chi connectivity index (χ4n) is 0.647. The lowest BCUT2D eigenvalue weighted by molar-refractivity contribution is -0.00741. The Kier molecular flexibility index (Phi) is 5.05. The number of alkyl halides is 6. The fraction of sp³-hybridized carbons (Fsp3) is 1.00. The normalized spacial score (nSPS) is 20.4. The number of hydrogen-bond acceptors (Lipinski definition) is 0. The lowest BCUT2D eigenvalue weighted by atomic mass is 10.3. The summed E-state index contributed by atoms with van der Waals surface area (Å²) in [5, 5.41) is -3.04. The molecule has 0 rings (SSSR count). The third-order valence-electron chi connectivity index (χ3n) is 1.79. The molecular formula is C7H12Br2ClF3Si. The largest absolute Gasteiger partial charge is 0.348 e. The molecule has 0 nitrogen and oxygen atoms in total. The van der Waals surface area contributed by atoms with Crippen LogP contribution in [0.2, 0.25) is 19.6 Å². The van der Waals surface area contributed by atoms with Crippen molar-refractivity contribution in [3.63, 3.8) is 0 Å². The van der Waals surface area contributed by atoms with Gasteiger partial charge < -0.3 is 0 Å². The Labute approximate surface area is 105 Å². The molecule has 0 N–H and O–H groups in total. The highest BCUT2D eigenvalue weighted by Crippen LogP contribution is 2.46. The molecule has 2 atom stereocenters. The van der Waals surface area contributed by atoms with E-state index in [2.05, 4.69) is 15.9 Å². The summed E-state index contributed by atoms with van der Waals surface area (Å²) in [5.41, 5.74) is 0. The van der Waals surface area contributed by atoms with Gasteiger partial charge >= 0.3 is 4.83 Å². The van der Waals surface area contributed by atoms with Gasteiger partial charge in [-0.15, -0.1) is 0 Å². The summed E-state index contributed by atoms with van der Waals surface area (Å²) in [7, 11) is -1.71. The van der Waals surface area contributed by atoms with E-state index in [-0.39, 0.29) is 4.45 Å². The van der Waals surface area contributed by atoms with Crippen LogP contribution in [0.25, 0.3) is 0 Å². The van der Waals surface area contributed by atoms with E-state index in [1.807, 2.05) is 35.6 Å². The Morgan fingerprint density at radius 2 is 1.64 bits per heavy atom. The van der Waals surface area contributed by atoms with E-state index >= 15 is 0 Å². The first-order valence-electron chi connectivity index (χ1n) is 3.96. The summed E-state index contributed by atoms with van der Waals surface area (Å²) in [6, 6.07) is 0. The van der Waals surface area contributed by atoms with Crippen molar-refractivity contribution in [1.82, 2.24) is 0 Å². The second kappa shape index (κ2) is 4.63. The molecule has 86 valence electrons. The van der Waals surface area contributed by atoms with E-state index in [0.29, 0.717) is 0 Å². The van der Waals surface area contributed by atoms with Gasteiger partial charge in [0.25, 0.3) is 5.13 Å². The van der Waals surface area contributed by atoms with Gasteiger partial charge in [-0.3, -0.25) is 0 Å². The van der Waals surface area contributed by atoms with Crippen molar-refractivity contribution >= 4 is 51.5 Å². The van der Waals surface area contributed by atoms with E-state index in [0.717, 1.165) is 0 Å². The molecule has 0 aromatic heterocycles. The average Bonchev–Trinajstić information content (AvgIpc) is 1.80. The molecule has 14 heavy (non-hydrogen) atoms. The van der Waals surface area contributed by atoms with Gasteiger partial charge in [0.2, 0.25) is 0 Å². The van der Waals surface area contributed by atoms with Gasteiger partial charge in [-0.05, 0) is 15.9 Å². The average molecular weight is 377 g/mol. The topological polar surface area (TPSA) is 0 Å². The highest BCUT2D eigenvalue weighted by Gasteiger charge is 2.53. The molecule has 2 unspecified atom stereocenters. The second-order valence-electron chi connectivity index (χ2n) is 4.24. The minimum absolute atomic E-state index is 0.291. The van der Waals surface area contributed by atoms with Gasteiger partial charge in [0.05, 0.1) is 8.07 Å². The van der Waals surface area contributed by atoms with E-state index in [9.17, 15) is 13.2 Å². The van der Waals surface area contributed by atoms with Gasteiger partial charge in [-0.25, -0.2) is 4.39 Å². The molecule has 0 amide bonds. The van der Waals surface area contributed by atoms with Crippen molar-refractivity contribution in [3.8, 4) is 0 Å². The van der Waals surface area contributed by atoms with Crippen molar-refractivity contribution in [1.29, 1.82) is 0 Å². The molecule has 0 aliphatic carbocycles. The van der Waals surface area contributed by atoms with E-state index in [4.69, 9.17) is 11.6 Å². The Balaban J connectivity index is 4.53. The highest BCUT2D eigenvalue weighted by atomic mass is 79.9. The van der Waals surface area contributed by atoms with Crippen LogP contribution < -0.4 is 0 Å². The third kappa shape index (κ3) is 4.41. The van der Waals surface area contributed by atoms with Crippen LogP contribution in [0.1, 0.15) is 6.42 Å². The van der Waals surface area contributed by atoms with Gasteiger partial charge in [0, 0.05) is 10.9 Å². The first-order chi connectivity index (χ1) is 5.88. The molecule has 0 radical (unpaired) electrons. The molecule has 7 heteroatoms. The maximum Gasteiger partial charge on any atom is 0.348 e. The van der Waals surface area contributed by atoms with Crippen LogP contribution >= 0.6 is 43.5 Å². The molecule has 0 bridgehead atoms. The lowest BCUT2D eigenvalue weighted by Gasteiger charge is -2.30.